The molecule has 0 unspecified atom stereocenters. The van der Waals surface area contributed by atoms with Crippen LogP contribution in [0.2, 0.25) is 0 Å². The number of halogens is 1. The number of hydrogen-bond acceptors (Lipinski definition) is 4. The molecule has 8 heteroatoms. The van der Waals surface area contributed by atoms with Gasteiger partial charge in [0, 0.05) is 24.5 Å². The summed E-state index contributed by atoms with van der Waals surface area (Å²) in [5, 5.41) is 9.64. The Morgan fingerprint density at radius 2 is 1.82 bits per heavy atom. The molecule has 0 saturated carbocycles. The molecule has 0 aliphatic rings. The summed E-state index contributed by atoms with van der Waals surface area (Å²) in [7, 11) is 1.53. The number of aromatic nitrogens is 2. The van der Waals surface area contributed by atoms with Crippen molar-refractivity contribution in [2.75, 3.05) is 12.4 Å². The lowest BCUT2D eigenvalue weighted by Gasteiger charge is -2.13. The first-order valence-corrected chi connectivity index (χ1v) is 10.2. The molecule has 4 aromatic rings. The van der Waals surface area contributed by atoms with Crippen LogP contribution in [0.25, 0.3) is 5.69 Å². The van der Waals surface area contributed by atoms with Crippen LogP contribution < -0.4 is 15.4 Å². The van der Waals surface area contributed by atoms with Gasteiger partial charge in [0.15, 0.2) is 0 Å². The minimum Gasteiger partial charge on any atom is -0.497 e. The number of carbonyl (C=O) groups is 2. The van der Waals surface area contributed by atoms with E-state index in [2.05, 4.69) is 15.7 Å². The molecular weight excluding hydrogens is 423 g/mol. The SMILES string of the molecule is COc1ccc(C(=O)Nc2cc(F)ccc2C(=O)NCc2cccc(-n3cccn3)c2)cc1. The van der Waals surface area contributed by atoms with Crippen LogP contribution in [-0.2, 0) is 6.54 Å². The fraction of sp³-hybridized carbons (Fsp3) is 0.0800. The number of benzene rings is 3. The molecule has 0 aliphatic heterocycles. The normalized spacial score (nSPS) is 10.5. The highest BCUT2D eigenvalue weighted by molar-refractivity contribution is 6.09. The van der Waals surface area contributed by atoms with Crippen molar-refractivity contribution in [1.82, 2.24) is 15.1 Å². The Kier molecular flexibility index (Phi) is 6.45. The highest BCUT2D eigenvalue weighted by Crippen LogP contribution is 2.20. The summed E-state index contributed by atoms with van der Waals surface area (Å²) >= 11 is 0. The number of nitrogens with one attached hydrogen (secondary N) is 2. The fourth-order valence-electron chi connectivity index (χ4n) is 3.26. The van der Waals surface area contributed by atoms with Crippen LogP contribution in [0.4, 0.5) is 10.1 Å². The minimum absolute atomic E-state index is 0.0820. The molecule has 166 valence electrons. The van der Waals surface area contributed by atoms with Crippen LogP contribution in [0.15, 0.2) is 85.2 Å². The zero-order valence-electron chi connectivity index (χ0n) is 17.8. The van der Waals surface area contributed by atoms with Crippen LogP contribution in [0.1, 0.15) is 26.3 Å². The van der Waals surface area contributed by atoms with E-state index in [1.807, 2.05) is 36.5 Å². The smallest absolute Gasteiger partial charge is 0.255 e. The zero-order valence-corrected chi connectivity index (χ0v) is 17.8. The van der Waals surface area contributed by atoms with E-state index in [-0.39, 0.29) is 17.8 Å². The van der Waals surface area contributed by atoms with Crippen molar-refractivity contribution in [1.29, 1.82) is 0 Å². The van der Waals surface area contributed by atoms with Crippen LogP contribution in [0.5, 0.6) is 5.75 Å². The van der Waals surface area contributed by atoms with Gasteiger partial charge in [-0.3, -0.25) is 9.59 Å². The molecule has 1 aromatic heterocycles. The van der Waals surface area contributed by atoms with Crippen molar-refractivity contribution in [3.05, 3.63) is 108 Å². The molecule has 0 bridgehead atoms. The fourth-order valence-corrected chi connectivity index (χ4v) is 3.26. The van der Waals surface area contributed by atoms with Crippen molar-refractivity contribution in [2.24, 2.45) is 0 Å². The lowest BCUT2D eigenvalue weighted by molar-refractivity contribution is 0.0951. The van der Waals surface area contributed by atoms with Crippen LogP contribution in [-0.4, -0.2) is 28.7 Å². The zero-order chi connectivity index (χ0) is 23.2. The largest absolute Gasteiger partial charge is 0.497 e. The first-order valence-electron chi connectivity index (χ1n) is 10.2. The summed E-state index contributed by atoms with van der Waals surface area (Å²) in [6.07, 6.45) is 3.51. The summed E-state index contributed by atoms with van der Waals surface area (Å²) in [5.41, 5.74) is 2.31. The molecule has 0 radical (unpaired) electrons. The van der Waals surface area contributed by atoms with Gasteiger partial charge in [-0.25, -0.2) is 9.07 Å². The standard InChI is InChI=1S/C25H21FN4O3/c1-33-21-9-6-18(7-10-21)24(31)29-23-15-19(26)8-11-22(23)25(32)27-16-17-4-2-5-20(14-17)30-13-3-12-28-30/h2-15H,16H2,1H3,(H,27,32)(H,29,31). The van der Waals surface area contributed by atoms with Crippen LogP contribution >= 0.6 is 0 Å². The number of nitrogens with zero attached hydrogens (tertiary/aromatic N) is 2. The van der Waals surface area contributed by atoms with Gasteiger partial charge in [0.1, 0.15) is 11.6 Å². The monoisotopic (exact) mass is 444 g/mol. The van der Waals surface area contributed by atoms with E-state index >= 15 is 0 Å². The average Bonchev–Trinajstić information content (AvgIpc) is 3.38. The number of methoxy groups -OCH3 is 1. The van der Waals surface area contributed by atoms with E-state index in [4.69, 9.17) is 4.74 Å². The molecule has 2 N–H and O–H groups in total. The Hall–Kier alpha value is -4.46. The maximum atomic E-state index is 13.9. The highest BCUT2D eigenvalue weighted by atomic mass is 19.1. The van der Waals surface area contributed by atoms with Crippen molar-refractivity contribution < 1.29 is 18.7 Å². The number of carbonyl (C=O) groups excluding carboxylic acids is 2. The molecular formula is C25H21FN4O3. The van der Waals surface area contributed by atoms with Gasteiger partial charge in [-0.05, 0) is 66.2 Å². The Balaban J connectivity index is 1.48. The highest BCUT2D eigenvalue weighted by Gasteiger charge is 2.16. The predicted molar refractivity (Wildman–Crippen MR) is 122 cm³/mol. The number of rotatable bonds is 7. The summed E-state index contributed by atoms with van der Waals surface area (Å²) in [6, 6.07) is 19.5. The van der Waals surface area contributed by atoms with Gasteiger partial charge in [0.05, 0.1) is 24.0 Å². The predicted octanol–water partition coefficient (Wildman–Crippen LogP) is 4.20. The second-order valence-corrected chi connectivity index (χ2v) is 7.18. The van der Waals surface area contributed by atoms with E-state index in [0.29, 0.717) is 11.3 Å². The number of amides is 2. The molecule has 0 fully saturated rings. The third-order valence-electron chi connectivity index (χ3n) is 4.96. The van der Waals surface area contributed by atoms with Gasteiger partial charge in [-0.1, -0.05) is 12.1 Å². The molecule has 0 aliphatic carbocycles. The molecule has 0 atom stereocenters. The first kappa shape index (κ1) is 21.8. The molecule has 2 amide bonds. The Morgan fingerprint density at radius 1 is 1.00 bits per heavy atom. The molecule has 33 heavy (non-hydrogen) atoms. The Morgan fingerprint density at radius 3 is 2.55 bits per heavy atom. The quantitative estimate of drug-likeness (QED) is 0.447. The van der Waals surface area contributed by atoms with Crippen molar-refractivity contribution in [3.63, 3.8) is 0 Å². The second-order valence-electron chi connectivity index (χ2n) is 7.18. The number of anilines is 1. The van der Waals surface area contributed by atoms with Gasteiger partial charge in [0.25, 0.3) is 11.8 Å². The van der Waals surface area contributed by atoms with E-state index in [1.54, 1.807) is 35.1 Å². The summed E-state index contributed by atoms with van der Waals surface area (Å²) in [4.78, 5) is 25.5. The first-order chi connectivity index (χ1) is 16.0. The van der Waals surface area contributed by atoms with E-state index < -0.39 is 17.6 Å². The lowest BCUT2D eigenvalue weighted by Crippen LogP contribution is -2.25. The van der Waals surface area contributed by atoms with E-state index in [9.17, 15) is 14.0 Å². The van der Waals surface area contributed by atoms with Gasteiger partial charge >= 0.3 is 0 Å². The molecule has 0 spiro atoms. The molecule has 1 heterocycles. The van der Waals surface area contributed by atoms with Crippen LogP contribution in [0.3, 0.4) is 0 Å². The van der Waals surface area contributed by atoms with E-state index in [1.165, 1.54) is 19.2 Å². The summed E-state index contributed by atoms with van der Waals surface area (Å²) < 4.78 is 20.7. The average molecular weight is 444 g/mol. The number of hydrogen-bond donors (Lipinski definition) is 2. The third-order valence-corrected chi connectivity index (χ3v) is 4.96. The van der Waals surface area contributed by atoms with Crippen LogP contribution in [0, 0.1) is 5.82 Å². The summed E-state index contributed by atoms with van der Waals surface area (Å²) in [5.74, 6) is -0.869. The number of ether oxygens (including phenoxy) is 1. The maximum Gasteiger partial charge on any atom is 0.255 e. The van der Waals surface area contributed by atoms with Gasteiger partial charge in [-0.2, -0.15) is 5.10 Å². The van der Waals surface area contributed by atoms with Gasteiger partial charge < -0.3 is 15.4 Å². The topological polar surface area (TPSA) is 85.2 Å². The van der Waals surface area contributed by atoms with Crippen molar-refractivity contribution >= 4 is 17.5 Å². The second kappa shape index (κ2) is 9.78. The van der Waals surface area contributed by atoms with Gasteiger partial charge in [0.2, 0.25) is 0 Å². The molecule has 4 rings (SSSR count). The maximum absolute atomic E-state index is 13.9. The van der Waals surface area contributed by atoms with Crippen molar-refractivity contribution in [3.8, 4) is 11.4 Å². The van der Waals surface area contributed by atoms with Gasteiger partial charge in [-0.15, -0.1) is 0 Å². The lowest BCUT2D eigenvalue weighted by atomic mass is 10.1. The molecule has 0 saturated heterocycles. The minimum atomic E-state index is -0.566. The Bertz CT molecular complexity index is 1270. The van der Waals surface area contributed by atoms with Crippen molar-refractivity contribution in [2.45, 2.75) is 6.54 Å². The third kappa shape index (κ3) is 5.24. The Labute approximate surface area is 189 Å². The summed E-state index contributed by atoms with van der Waals surface area (Å²) in [6.45, 7) is 0.247. The van der Waals surface area contributed by atoms with E-state index in [0.717, 1.165) is 17.3 Å². The molecule has 3 aromatic carbocycles. The molecule has 7 nitrogen and oxygen atoms in total.